The molecule has 0 saturated heterocycles. The minimum Gasteiger partial charge on any atom is -0.467 e. The Balaban J connectivity index is 1.95. The third-order valence-electron chi connectivity index (χ3n) is 3.37. The highest BCUT2D eigenvalue weighted by Crippen LogP contribution is 2.31. The fourth-order valence-electron chi connectivity index (χ4n) is 2.32. The Morgan fingerprint density at radius 2 is 1.67 bits per heavy atom. The Kier molecular flexibility index (Phi) is 3.69. The number of rotatable bonds is 3. The number of esters is 1. The minimum absolute atomic E-state index is 0.394. The van der Waals surface area contributed by atoms with Crippen molar-refractivity contribution in [3.8, 4) is 0 Å². The molecule has 0 saturated carbocycles. The summed E-state index contributed by atoms with van der Waals surface area (Å²) >= 11 is 0. The van der Waals surface area contributed by atoms with Gasteiger partial charge in [0, 0.05) is 5.56 Å². The van der Waals surface area contributed by atoms with Crippen LogP contribution in [0.2, 0.25) is 0 Å². The number of benzene rings is 2. The molecule has 4 heteroatoms. The quantitative estimate of drug-likeness (QED) is 0.813. The van der Waals surface area contributed by atoms with Crippen LogP contribution in [0.15, 0.2) is 65.7 Å². The Hall–Kier alpha value is -2.62. The number of hydrogen-bond donors (Lipinski definition) is 0. The van der Waals surface area contributed by atoms with Crippen molar-refractivity contribution in [2.75, 3.05) is 7.11 Å². The molecule has 0 spiro atoms. The Morgan fingerprint density at radius 1 is 1.05 bits per heavy atom. The Morgan fingerprint density at radius 3 is 2.29 bits per heavy atom. The largest absolute Gasteiger partial charge is 0.467 e. The van der Waals surface area contributed by atoms with Gasteiger partial charge < -0.3 is 9.47 Å². The number of methoxy groups -OCH3 is 1. The fourth-order valence-corrected chi connectivity index (χ4v) is 2.32. The highest BCUT2D eigenvalue weighted by molar-refractivity contribution is 5.98. The van der Waals surface area contributed by atoms with E-state index in [1.165, 1.54) is 7.11 Å². The first-order valence-corrected chi connectivity index (χ1v) is 6.72. The van der Waals surface area contributed by atoms with E-state index in [1.54, 1.807) is 0 Å². The molecule has 2 unspecified atom stereocenters. The molecule has 0 aromatic heterocycles. The molecule has 1 aliphatic heterocycles. The number of nitrogens with zero attached hydrogens (tertiary/aromatic N) is 1. The smallest absolute Gasteiger partial charge is 0.335 e. The Bertz CT molecular complexity index is 652. The summed E-state index contributed by atoms with van der Waals surface area (Å²) in [7, 11) is 1.36. The molecule has 1 heterocycles. The third kappa shape index (κ3) is 2.65. The van der Waals surface area contributed by atoms with E-state index in [0.29, 0.717) is 5.90 Å². The SMILES string of the molecule is COC(=O)C1N=C(c2ccccc2)OC1c1ccccc1. The van der Waals surface area contributed by atoms with E-state index in [0.717, 1.165) is 11.1 Å². The third-order valence-corrected chi connectivity index (χ3v) is 3.37. The molecule has 2 aromatic carbocycles. The van der Waals surface area contributed by atoms with Crippen molar-refractivity contribution in [3.05, 3.63) is 71.8 Å². The molecular formula is C17H15NO3. The van der Waals surface area contributed by atoms with Crippen LogP contribution >= 0.6 is 0 Å². The number of hydrogen-bond acceptors (Lipinski definition) is 4. The summed E-state index contributed by atoms with van der Waals surface area (Å²) in [4.78, 5) is 16.4. The molecule has 0 N–H and O–H groups in total. The maximum atomic E-state index is 12.0. The van der Waals surface area contributed by atoms with Gasteiger partial charge in [-0.15, -0.1) is 0 Å². The topological polar surface area (TPSA) is 47.9 Å². The van der Waals surface area contributed by atoms with Crippen LogP contribution < -0.4 is 0 Å². The van der Waals surface area contributed by atoms with Crippen molar-refractivity contribution in [2.24, 2.45) is 4.99 Å². The molecule has 1 aliphatic rings. The lowest BCUT2D eigenvalue weighted by atomic mass is 10.0. The van der Waals surface area contributed by atoms with Crippen molar-refractivity contribution in [1.29, 1.82) is 0 Å². The zero-order chi connectivity index (χ0) is 14.7. The molecule has 0 fully saturated rings. The van der Waals surface area contributed by atoms with Gasteiger partial charge in [-0.3, -0.25) is 0 Å². The average Bonchev–Trinajstić information content (AvgIpc) is 3.01. The molecule has 0 bridgehead atoms. The van der Waals surface area contributed by atoms with E-state index in [9.17, 15) is 4.79 Å². The first-order valence-electron chi connectivity index (χ1n) is 6.72. The summed E-state index contributed by atoms with van der Waals surface area (Å²) in [5.41, 5.74) is 1.76. The van der Waals surface area contributed by atoms with Gasteiger partial charge in [0.2, 0.25) is 5.90 Å². The summed E-state index contributed by atoms with van der Waals surface area (Å²) in [6.45, 7) is 0. The van der Waals surface area contributed by atoms with Crippen molar-refractivity contribution in [2.45, 2.75) is 12.1 Å². The number of ether oxygens (including phenoxy) is 2. The van der Waals surface area contributed by atoms with E-state index in [-0.39, 0.29) is 0 Å². The molecule has 0 radical (unpaired) electrons. The molecule has 4 nitrogen and oxygen atoms in total. The normalized spacial score (nSPS) is 20.5. The summed E-state index contributed by atoms with van der Waals surface area (Å²) in [5.74, 6) is 0.0784. The first-order chi connectivity index (χ1) is 10.3. The molecule has 106 valence electrons. The molecule has 21 heavy (non-hydrogen) atoms. The second-order valence-corrected chi connectivity index (χ2v) is 4.72. The zero-order valence-corrected chi connectivity index (χ0v) is 11.6. The maximum Gasteiger partial charge on any atom is 0.335 e. The van der Waals surface area contributed by atoms with Gasteiger partial charge in [0.05, 0.1) is 7.11 Å². The van der Waals surface area contributed by atoms with E-state index < -0.39 is 18.1 Å². The van der Waals surface area contributed by atoms with Crippen molar-refractivity contribution < 1.29 is 14.3 Å². The molecule has 2 atom stereocenters. The van der Waals surface area contributed by atoms with Gasteiger partial charge >= 0.3 is 5.97 Å². The molecular weight excluding hydrogens is 266 g/mol. The zero-order valence-electron chi connectivity index (χ0n) is 11.6. The van der Waals surface area contributed by atoms with Gasteiger partial charge in [0.25, 0.3) is 0 Å². The van der Waals surface area contributed by atoms with Gasteiger partial charge in [-0.2, -0.15) is 0 Å². The minimum atomic E-state index is -0.674. The highest BCUT2D eigenvalue weighted by Gasteiger charge is 2.38. The second-order valence-electron chi connectivity index (χ2n) is 4.72. The predicted octanol–water partition coefficient (Wildman–Crippen LogP) is 2.75. The summed E-state index contributed by atoms with van der Waals surface area (Å²) < 4.78 is 10.8. The van der Waals surface area contributed by atoms with Crippen LogP contribution in [0.3, 0.4) is 0 Å². The van der Waals surface area contributed by atoms with Gasteiger partial charge in [0.1, 0.15) is 0 Å². The van der Waals surface area contributed by atoms with Gasteiger partial charge in [0.15, 0.2) is 12.1 Å². The lowest BCUT2D eigenvalue weighted by Crippen LogP contribution is -2.25. The number of aliphatic imine (C=N–C) groups is 1. The monoisotopic (exact) mass is 281 g/mol. The van der Waals surface area contributed by atoms with E-state index in [2.05, 4.69) is 4.99 Å². The average molecular weight is 281 g/mol. The van der Waals surface area contributed by atoms with Crippen LogP contribution in [0.5, 0.6) is 0 Å². The number of carbonyl (C=O) groups excluding carboxylic acids is 1. The molecule has 0 aliphatic carbocycles. The molecule has 2 aromatic rings. The molecule has 3 rings (SSSR count). The lowest BCUT2D eigenvalue weighted by molar-refractivity contribution is -0.143. The number of carbonyl (C=O) groups is 1. The summed E-state index contributed by atoms with van der Waals surface area (Å²) in [6.07, 6.45) is -0.450. The highest BCUT2D eigenvalue weighted by atomic mass is 16.5. The van der Waals surface area contributed by atoms with Crippen molar-refractivity contribution >= 4 is 11.9 Å². The van der Waals surface area contributed by atoms with Crippen LogP contribution in [0.1, 0.15) is 17.2 Å². The van der Waals surface area contributed by atoms with E-state index >= 15 is 0 Å². The molecule has 0 amide bonds. The van der Waals surface area contributed by atoms with Gasteiger partial charge in [-0.25, -0.2) is 9.79 Å². The fraction of sp³-hybridized carbons (Fsp3) is 0.176. The summed E-state index contributed by atoms with van der Waals surface area (Å²) in [5, 5.41) is 0. The van der Waals surface area contributed by atoms with Crippen LogP contribution in [-0.4, -0.2) is 25.0 Å². The first kappa shape index (κ1) is 13.4. The van der Waals surface area contributed by atoms with Crippen molar-refractivity contribution in [3.63, 3.8) is 0 Å². The van der Waals surface area contributed by atoms with Crippen LogP contribution in [0, 0.1) is 0 Å². The van der Waals surface area contributed by atoms with Crippen LogP contribution in [0.25, 0.3) is 0 Å². The lowest BCUT2D eigenvalue weighted by Gasteiger charge is -2.16. The Labute approximate surface area is 123 Å². The van der Waals surface area contributed by atoms with Gasteiger partial charge in [-0.1, -0.05) is 48.5 Å². The van der Waals surface area contributed by atoms with Gasteiger partial charge in [-0.05, 0) is 17.7 Å². The van der Waals surface area contributed by atoms with E-state index in [4.69, 9.17) is 9.47 Å². The van der Waals surface area contributed by atoms with Crippen LogP contribution in [0.4, 0.5) is 0 Å². The standard InChI is InChI=1S/C17H15NO3/c1-20-17(19)14-15(12-8-4-2-5-9-12)21-16(18-14)13-10-6-3-7-11-13/h2-11,14-15H,1H3. The maximum absolute atomic E-state index is 12.0. The predicted molar refractivity (Wildman–Crippen MR) is 79.1 cm³/mol. The van der Waals surface area contributed by atoms with Crippen LogP contribution in [-0.2, 0) is 14.3 Å². The summed E-state index contributed by atoms with van der Waals surface area (Å²) in [6, 6.07) is 18.5. The second kappa shape index (κ2) is 5.79. The van der Waals surface area contributed by atoms with E-state index in [1.807, 2.05) is 60.7 Å². The van der Waals surface area contributed by atoms with Crippen molar-refractivity contribution in [1.82, 2.24) is 0 Å².